The molecule has 1 amide bonds. The number of pyridine rings is 1. The summed E-state index contributed by atoms with van der Waals surface area (Å²) >= 11 is 3.34. The molecule has 0 aliphatic rings. The van der Waals surface area contributed by atoms with Crippen LogP contribution in [0.4, 0.5) is 5.69 Å². The molecule has 0 aliphatic heterocycles. The number of carbonyl (C=O) groups is 1. The quantitative estimate of drug-likeness (QED) is 0.855. The number of amides is 1. The van der Waals surface area contributed by atoms with Crippen molar-refractivity contribution < 1.29 is 4.79 Å². The number of nitrogens with zero attached hydrogens (tertiary/aromatic N) is 1. The Balaban J connectivity index is 2.07. The summed E-state index contributed by atoms with van der Waals surface area (Å²) in [5, 5.41) is 2.82. The molecule has 1 aromatic carbocycles. The van der Waals surface area contributed by atoms with E-state index in [2.05, 4.69) is 26.2 Å². The number of carbonyl (C=O) groups excluding carboxylic acids is 1. The highest BCUT2D eigenvalue weighted by Gasteiger charge is 2.10. The van der Waals surface area contributed by atoms with Gasteiger partial charge in [0.15, 0.2) is 0 Å². The molecule has 0 atom stereocenters. The van der Waals surface area contributed by atoms with E-state index < -0.39 is 0 Å². The first-order valence-corrected chi connectivity index (χ1v) is 6.61. The number of nitrogen functional groups attached to an aromatic ring is 1. The maximum atomic E-state index is 12.1. The minimum atomic E-state index is -0.178. The van der Waals surface area contributed by atoms with Crippen LogP contribution in [0.1, 0.15) is 21.7 Å². The Morgan fingerprint density at radius 3 is 2.89 bits per heavy atom. The Hall–Kier alpha value is -1.88. The van der Waals surface area contributed by atoms with Crippen LogP contribution in [-0.2, 0) is 6.54 Å². The summed E-state index contributed by atoms with van der Waals surface area (Å²) in [4.78, 5) is 16.4. The van der Waals surface area contributed by atoms with Crippen molar-refractivity contribution in [1.82, 2.24) is 10.3 Å². The van der Waals surface area contributed by atoms with Gasteiger partial charge in [-0.05, 0) is 53.2 Å². The molecule has 0 spiro atoms. The topological polar surface area (TPSA) is 68.0 Å². The Morgan fingerprint density at radius 1 is 1.37 bits per heavy atom. The van der Waals surface area contributed by atoms with E-state index >= 15 is 0 Å². The monoisotopic (exact) mass is 319 g/mol. The zero-order valence-electron chi connectivity index (χ0n) is 10.5. The first-order chi connectivity index (χ1) is 9.06. The van der Waals surface area contributed by atoms with Crippen molar-refractivity contribution in [3.05, 3.63) is 57.8 Å². The first-order valence-electron chi connectivity index (χ1n) is 5.82. The van der Waals surface area contributed by atoms with E-state index in [-0.39, 0.29) is 5.91 Å². The van der Waals surface area contributed by atoms with E-state index in [1.807, 2.05) is 25.1 Å². The molecule has 0 saturated heterocycles. The van der Waals surface area contributed by atoms with Crippen LogP contribution in [0, 0.1) is 6.92 Å². The average molecular weight is 320 g/mol. The van der Waals surface area contributed by atoms with Crippen LogP contribution < -0.4 is 11.1 Å². The molecule has 2 aromatic rings. The summed E-state index contributed by atoms with van der Waals surface area (Å²) in [5.74, 6) is -0.178. The van der Waals surface area contributed by atoms with Gasteiger partial charge in [-0.15, -0.1) is 0 Å². The van der Waals surface area contributed by atoms with Crippen LogP contribution in [-0.4, -0.2) is 10.9 Å². The van der Waals surface area contributed by atoms with Crippen LogP contribution in [0.5, 0.6) is 0 Å². The summed E-state index contributed by atoms with van der Waals surface area (Å²) in [6, 6.07) is 10.9. The standard InChI is InChI=1S/C14H14BrN3O/c1-9-3-2-4-11(18-9)8-17-14(19)12-7-10(16)5-6-13(12)15/h2-7H,8,16H2,1H3,(H,17,19). The number of hydrogen-bond acceptors (Lipinski definition) is 3. The third-order valence-corrected chi connectivity index (χ3v) is 3.30. The zero-order chi connectivity index (χ0) is 13.8. The van der Waals surface area contributed by atoms with E-state index in [0.717, 1.165) is 15.9 Å². The van der Waals surface area contributed by atoms with Crippen molar-refractivity contribution >= 4 is 27.5 Å². The second-order valence-corrected chi connectivity index (χ2v) is 5.05. The van der Waals surface area contributed by atoms with Gasteiger partial charge >= 0.3 is 0 Å². The lowest BCUT2D eigenvalue weighted by molar-refractivity contribution is 0.0949. The third kappa shape index (κ3) is 3.54. The number of nitrogens with one attached hydrogen (secondary N) is 1. The Kier molecular flexibility index (Phi) is 4.16. The van der Waals surface area contributed by atoms with Crippen LogP contribution in [0.2, 0.25) is 0 Å². The predicted octanol–water partition coefficient (Wildman–Crippen LogP) is 2.66. The molecule has 0 saturated carbocycles. The first kappa shape index (κ1) is 13.5. The second kappa shape index (κ2) is 5.84. The molecule has 0 fully saturated rings. The molecule has 4 nitrogen and oxygen atoms in total. The Morgan fingerprint density at radius 2 is 2.16 bits per heavy atom. The lowest BCUT2D eigenvalue weighted by Gasteiger charge is -2.07. The lowest BCUT2D eigenvalue weighted by Crippen LogP contribution is -2.23. The van der Waals surface area contributed by atoms with Gasteiger partial charge in [0.05, 0.1) is 17.8 Å². The van der Waals surface area contributed by atoms with Crippen molar-refractivity contribution in [1.29, 1.82) is 0 Å². The number of halogens is 1. The SMILES string of the molecule is Cc1cccc(CNC(=O)c2cc(N)ccc2Br)n1. The lowest BCUT2D eigenvalue weighted by atomic mass is 10.2. The van der Waals surface area contributed by atoms with E-state index in [0.29, 0.717) is 17.8 Å². The Bertz CT molecular complexity index is 613. The highest BCUT2D eigenvalue weighted by molar-refractivity contribution is 9.10. The average Bonchev–Trinajstić information content (AvgIpc) is 2.39. The molecule has 0 bridgehead atoms. The normalized spacial score (nSPS) is 10.2. The minimum absolute atomic E-state index is 0.178. The molecule has 0 aliphatic carbocycles. The fraction of sp³-hybridized carbons (Fsp3) is 0.143. The molecule has 0 unspecified atom stereocenters. The summed E-state index contributed by atoms with van der Waals surface area (Å²) in [6.07, 6.45) is 0. The largest absolute Gasteiger partial charge is 0.399 e. The molecule has 19 heavy (non-hydrogen) atoms. The zero-order valence-corrected chi connectivity index (χ0v) is 12.1. The molecule has 2 rings (SSSR count). The number of hydrogen-bond donors (Lipinski definition) is 2. The van der Waals surface area contributed by atoms with Gasteiger partial charge < -0.3 is 11.1 Å². The minimum Gasteiger partial charge on any atom is -0.399 e. The van der Waals surface area contributed by atoms with E-state index in [1.165, 1.54) is 0 Å². The fourth-order valence-corrected chi connectivity index (χ4v) is 2.11. The van der Waals surface area contributed by atoms with Crippen molar-refractivity contribution in [3.8, 4) is 0 Å². The van der Waals surface area contributed by atoms with E-state index in [9.17, 15) is 4.79 Å². The maximum absolute atomic E-state index is 12.1. The summed E-state index contributed by atoms with van der Waals surface area (Å²) in [5.41, 5.74) is 8.51. The van der Waals surface area contributed by atoms with Crippen molar-refractivity contribution in [3.63, 3.8) is 0 Å². The number of nitrogens with two attached hydrogens (primary N) is 1. The van der Waals surface area contributed by atoms with Crippen molar-refractivity contribution in [2.75, 3.05) is 5.73 Å². The summed E-state index contributed by atoms with van der Waals surface area (Å²) in [6.45, 7) is 2.31. The maximum Gasteiger partial charge on any atom is 0.252 e. The third-order valence-electron chi connectivity index (χ3n) is 2.61. The van der Waals surface area contributed by atoms with Crippen LogP contribution in [0.25, 0.3) is 0 Å². The summed E-state index contributed by atoms with van der Waals surface area (Å²) in [7, 11) is 0. The predicted molar refractivity (Wildman–Crippen MR) is 78.7 cm³/mol. The molecule has 5 heteroatoms. The van der Waals surface area contributed by atoms with E-state index in [1.54, 1.807) is 18.2 Å². The highest BCUT2D eigenvalue weighted by atomic mass is 79.9. The van der Waals surface area contributed by atoms with Gasteiger partial charge in [-0.2, -0.15) is 0 Å². The summed E-state index contributed by atoms with van der Waals surface area (Å²) < 4.78 is 0.719. The fourth-order valence-electron chi connectivity index (χ4n) is 1.68. The number of rotatable bonds is 3. The van der Waals surface area contributed by atoms with Crippen LogP contribution in [0.15, 0.2) is 40.9 Å². The molecule has 1 aromatic heterocycles. The Labute approximate surface area is 120 Å². The van der Waals surface area contributed by atoms with Gasteiger partial charge in [0, 0.05) is 15.9 Å². The van der Waals surface area contributed by atoms with Gasteiger partial charge in [0.1, 0.15) is 0 Å². The molecule has 0 radical (unpaired) electrons. The van der Waals surface area contributed by atoms with Crippen LogP contribution in [0.3, 0.4) is 0 Å². The molecule has 3 N–H and O–H groups in total. The van der Waals surface area contributed by atoms with Gasteiger partial charge in [-0.3, -0.25) is 9.78 Å². The molecular formula is C14H14BrN3O. The smallest absolute Gasteiger partial charge is 0.252 e. The molecule has 98 valence electrons. The number of aromatic nitrogens is 1. The molecule has 1 heterocycles. The van der Waals surface area contributed by atoms with Gasteiger partial charge in [0.25, 0.3) is 5.91 Å². The highest BCUT2D eigenvalue weighted by Crippen LogP contribution is 2.19. The van der Waals surface area contributed by atoms with Crippen molar-refractivity contribution in [2.45, 2.75) is 13.5 Å². The van der Waals surface area contributed by atoms with Crippen molar-refractivity contribution in [2.24, 2.45) is 0 Å². The number of aryl methyl sites for hydroxylation is 1. The van der Waals surface area contributed by atoms with Gasteiger partial charge in [0.2, 0.25) is 0 Å². The second-order valence-electron chi connectivity index (χ2n) is 4.19. The van der Waals surface area contributed by atoms with Crippen LogP contribution >= 0.6 is 15.9 Å². The van der Waals surface area contributed by atoms with Gasteiger partial charge in [-0.25, -0.2) is 0 Å². The number of anilines is 1. The van der Waals surface area contributed by atoms with E-state index in [4.69, 9.17) is 5.73 Å². The number of benzene rings is 1. The van der Waals surface area contributed by atoms with Gasteiger partial charge in [-0.1, -0.05) is 6.07 Å². The molecular weight excluding hydrogens is 306 g/mol.